The van der Waals surface area contributed by atoms with Crippen LogP contribution in [-0.4, -0.2) is 26.1 Å². The average molecular weight is 303 g/mol. The Morgan fingerprint density at radius 2 is 1.20 bits per heavy atom. The van der Waals surface area contributed by atoms with Crippen LogP contribution in [0.1, 0.15) is 68.7 Å². The fraction of sp³-hybridized carbons (Fsp3) is 1.00. The van der Waals surface area contributed by atoms with E-state index in [4.69, 9.17) is 4.43 Å². The molecule has 0 aliphatic heterocycles. The van der Waals surface area contributed by atoms with Crippen LogP contribution in [0.15, 0.2) is 0 Å². The van der Waals surface area contributed by atoms with Crippen LogP contribution in [0.5, 0.6) is 0 Å². The Labute approximate surface area is 128 Å². The third-order valence-electron chi connectivity index (χ3n) is 4.92. The van der Waals surface area contributed by atoms with E-state index in [2.05, 4.69) is 55.4 Å². The highest BCUT2D eigenvalue weighted by atomic mass is 28.4. The first-order chi connectivity index (χ1) is 9.05. The molecule has 0 saturated heterocycles. The van der Waals surface area contributed by atoms with E-state index in [0.29, 0.717) is 28.5 Å². The highest BCUT2D eigenvalue weighted by Gasteiger charge is 2.45. The van der Waals surface area contributed by atoms with Crippen molar-refractivity contribution in [1.82, 2.24) is 0 Å². The van der Waals surface area contributed by atoms with E-state index in [0.717, 1.165) is 13.0 Å². The van der Waals surface area contributed by atoms with Gasteiger partial charge in [-0.2, -0.15) is 0 Å². The standard InChI is InChI=1S/C17H38O2Si/c1-12(2)20(13(3)4,14(5)6)19-11-15(7)10-16(8)17(9)18/h12-18H,10-11H2,1-9H3/t15-,16-,17+/m0/s1. The Kier molecular flexibility index (Phi) is 8.61. The lowest BCUT2D eigenvalue weighted by Crippen LogP contribution is -2.48. The molecule has 0 aromatic carbocycles. The average Bonchev–Trinajstić information content (AvgIpc) is 2.27. The van der Waals surface area contributed by atoms with Gasteiger partial charge in [0.15, 0.2) is 8.32 Å². The summed E-state index contributed by atoms with van der Waals surface area (Å²) >= 11 is 0. The number of rotatable bonds is 9. The maximum Gasteiger partial charge on any atom is 0.200 e. The van der Waals surface area contributed by atoms with E-state index in [1.165, 1.54) is 0 Å². The first-order valence-electron chi connectivity index (χ1n) is 8.37. The maximum absolute atomic E-state index is 9.63. The minimum atomic E-state index is -1.73. The first-order valence-corrected chi connectivity index (χ1v) is 10.5. The molecule has 0 aliphatic carbocycles. The molecular formula is C17H38O2Si. The molecule has 3 atom stereocenters. The molecule has 0 aromatic rings. The van der Waals surface area contributed by atoms with Crippen LogP contribution >= 0.6 is 0 Å². The van der Waals surface area contributed by atoms with E-state index in [1.54, 1.807) is 0 Å². The summed E-state index contributed by atoms with van der Waals surface area (Å²) in [6.07, 6.45) is 0.816. The van der Waals surface area contributed by atoms with Crippen LogP contribution in [0.2, 0.25) is 16.6 Å². The SMILES string of the molecule is CC(C)[Si](OC[C@@H](C)C[C@H](C)[C@@H](C)O)(C(C)C)C(C)C. The van der Waals surface area contributed by atoms with Gasteiger partial charge in [0.25, 0.3) is 0 Å². The smallest absolute Gasteiger partial charge is 0.200 e. The van der Waals surface area contributed by atoms with Crippen LogP contribution < -0.4 is 0 Å². The van der Waals surface area contributed by atoms with Crippen LogP contribution in [0.25, 0.3) is 0 Å². The van der Waals surface area contributed by atoms with Crippen LogP contribution in [0.3, 0.4) is 0 Å². The summed E-state index contributed by atoms with van der Waals surface area (Å²) in [5.41, 5.74) is 1.93. The molecule has 0 radical (unpaired) electrons. The number of hydrogen-bond acceptors (Lipinski definition) is 2. The summed E-state index contributed by atoms with van der Waals surface area (Å²) < 4.78 is 6.61. The number of hydrogen-bond donors (Lipinski definition) is 1. The van der Waals surface area contributed by atoms with Crippen molar-refractivity contribution in [2.24, 2.45) is 11.8 Å². The lowest BCUT2D eigenvalue weighted by atomic mass is 9.94. The Morgan fingerprint density at radius 1 is 0.800 bits per heavy atom. The van der Waals surface area contributed by atoms with Crippen molar-refractivity contribution >= 4 is 8.32 Å². The van der Waals surface area contributed by atoms with Gasteiger partial charge >= 0.3 is 0 Å². The molecule has 0 saturated carbocycles. The molecule has 0 spiro atoms. The molecule has 0 bridgehead atoms. The van der Waals surface area contributed by atoms with E-state index >= 15 is 0 Å². The highest BCUT2D eigenvalue weighted by molar-refractivity contribution is 6.77. The van der Waals surface area contributed by atoms with Gasteiger partial charge in [0.05, 0.1) is 6.10 Å². The topological polar surface area (TPSA) is 29.5 Å². The van der Waals surface area contributed by atoms with Gasteiger partial charge in [-0.3, -0.25) is 0 Å². The maximum atomic E-state index is 9.63. The molecule has 0 fully saturated rings. The number of aliphatic hydroxyl groups excluding tert-OH is 1. The lowest BCUT2D eigenvalue weighted by molar-refractivity contribution is 0.109. The molecule has 0 aromatic heterocycles. The first kappa shape index (κ1) is 20.1. The normalized spacial score (nSPS) is 17.9. The molecule has 0 rings (SSSR count). The quantitative estimate of drug-likeness (QED) is 0.592. The van der Waals surface area contributed by atoms with Gasteiger partial charge in [-0.1, -0.05) is 55.4 Å². The summed E-state index contributed by atoms with van der Waals surface area (Å²) in [5.74, 6) is 0.865. The summed E-state index contributed by atoms with van der Waals surface area (Å²) in [6, 6.07) is 0. The summed E-state index contributed by atoms with van der Waals surface area (Å²) in [4.78, 5) is 0. The minimum absolute atomic E-state index is 0.222. The zero-order valence-electron chi connectivity index (χ0n) is 15.2. The molecule has 0 heterocycles. The summed E-state index contributed by atoms with van der Waals surface area (Å²) in [6.45, 7) is 21.1. The van der Waals surface area contributed by atoms with Crippen LogP contribution in [0, 0.1) is 11.8 Å². The van der Waals surface area contributed by atoms with Crippen molar-refractivity contribution in [3.63, 3.8) is 0 Å². The Balaban J connectivity index is 4.70. The second-order valence-corrected chi connectivity index (χ2v) is 13.1. The highest BCUT2D eigenvalue weighted by Crippen LogP contribution is 2.42. The molecule has 2 nitrogen and oxygen atoms in total. The lowest BCUT2D eigenvalue weighted by Gasteiger charge is -2.43. The predicted molar refractivity (Wildman–Crippen MR) is 91.6 cm³/mol. The van der Waals surface area contributed by atoms with Gasteiger partial charge < -0.3 is 9.53 Å². The molecule has 122 valence electrons. The van der Waals surface area contributed by atoms with Crippen molar-refractivity contribution in [3.05, 3.63) is 0 Å². The number of aliphatic hydroxyl groups is 1. The van der Waals surface area contributed by atoms with Crippen molar-refractivity contribution in [2.75, 3.05) is 6.61 Å². The second-order valence-electron chi connectivity index (χ2n) is 7.69. The third kappa shape index (κ3) is 5.16. The van der Waals surface area contributed by atoms with Crippen molar-refractivity contribution in [3.8, 4) is 0 Å². The second kappa shape index (κ2) is 8.55. The van der Waals surface area contributed by atoms with Crippen molar-refractivity contribution in [2.45, 2.75) is 91.5 Å². The molecule has 3 heteroatoms. The monoisotopic (exact) mass is 302 g/mol. The zero-order chi connectivity index (χ0) is 16.1. The summed E-state index contributed by atoms with van der Waals surface area (Å²) in [5, 5.41) is 9.63. The predicted octanol–water partition coefficient (Wildman–Crippen LogP) is 5.22. The zero-order valence-corrected chi connectivity index (χ0v) is 16.2. The molecule has 0 unspecified atom stereocenters. The molecule has 0 aliphatic rings. The van der Waals surface area contributed by atoms with E-state index in [1.807, 2.05) is 6.92 Å². The third-order valence-corrected chi connectivity index (χ3v) is 11.0. The minimum Gasteiger partial charge on any atom is -0.416 e. The molecule has 0 amide bonds. The molecule has 1 N–H and O–H groups in total. The fourth-order valence-electron chi connectivity index (χ4n) is 3.69. The van der Waals surface area contributed by atoms with Gasteiger partial charge in [0, 0.05) is 6.61 Å². The van der Waals surface area contributed by atoms with Crippen molar-refractivity contribution < 1.29 is 9.53 Å². The molecular weight excluding hydrogens is 264 g/mol. The van der Waals surface area contributed by atoms with Crippen LogP contribution in [0.4, 0.5) is 0 Å². The van der Waals surface area contributed by atoms with Crippen LogP contribution in [-0.2, 0) is 4.43 Å². The Hall–Kier alpha value is 0.137. The van der Waals surface area contributed by atoms with E-state index < -0.39 is 8.32 Å². The van der Waals surface area contributed by atoms with Gasteiger partial charge in [0.1, 0.15) is 0 Å². The largest absolute Gasteiger partial charge is 0.416 e. The van der Waals surface area contributed by atoms with Gasteiger partial charge in [-0.15, -0.1) is 0 Å². The Morgan fingerprint density at radius 3 is 1.50 bits per heavy atom. The fourth-order valence-corrected chi connectivity index (χ4v) is 9.26. The van der Waals surface area contributed by atoms with Gasteiger partial charge in [-0.05, 0) is 41.8 Å². The Bertz CT molecular complexity index is 240. The van der Waals surface area contributed by atoms with Crippen molar-refractivity contribution in [1.29, 1.82) is 0 Å². The van der Waals surface area contributed by atoms with E-state index in [-0.39, 0.29) is 6.10 Å². The van der Waals surface area contributed by atoms with Gasteiger partial charge in [-0.25, -0.2) is 0 Å². The molecule has 20 heavy (non-hydrogen) atoms. The van der Waals surface area contributed by atoms with E-state index in [9.17, 15) is 5.11 Å². The summed E-state index contributed by atoms with van der Waals surface area (Å²) in [7, 11) is -1.73. The van der Waals surface area contributed by atoms with Gasteiger partial charge in [0.2, 0.25) is 0 Å².